The zero-order valence-corrected chi connectivity index (χ0v) is 16.7. The number of hydrogen-bond acceptors (Lipinski definition) is 5. The van der Waals surface area contributed by atoms with Crippen LogP contribution in [-0.4, -0.2) is 50.3 Å². The number of aromatic nitrogens is 1. The molecule has 2 fully saturated rings. The first-order valence-electron chi connectivity index (χ1n) is 9.06. The lowest BCUT2D eigenvalue weighted by Gasteiger charge is -2.27. The maximum atomic E-state index is 12.0. The summed E-state index contributed by atoms with van der Waals surface area (Å²) >= 11 is 0. The Morgan fingerprint density at radius 1 is 1.23 bits per heavy atom. The standard InChI is InChI=1S/C18H28N4O2.2ClH/c23-18(4-2-15-5-7-19-8-6-15)21-14-16-1-3-17(20-13-16)22-9-11-24-12-10-22;;/h1,3,13,15,19H,2,4-12,14H2,(H,21,23);2*1H. The van der Waals surface area contributed by atoms with E-state index < -0.39 is 0 Å². The molecule has 0 spiro atoms. The summed E-state index contributed by atoms with van der Waals surface area (Å²) in [5.41, 5.74) is 1.04. The second-order valence-corrected chi connectivity index (χ2v) is 6.63. The summed E-state index contributed by atoms with van der Waals surface area (Å²) in [7, 11) is 0. The first-order chi connectivity index (χ1) is 11.8. The van der Waals surface area contributed by atoms with Gasteiger partial charge in [-0.3, -0.25) is 4.79 Å². The Hall–Kier alpha value is -1.08. The molecule has 0 aromatic carbocycles. The van der Waals surface area contributed by atoms with Crippen LogP contribution in [0.1, 0.15) is 31.2 Å². The van der Waals surface area contributed by atoms with Gasteiger partial charge in [0.05, 0.1) is 13.2 Å². The summed E-state index contributed by atoms with van der Waals surface area (Å²) in [5.74, 6) is 1.83. The van der Waals surface area contributed by atoms with E-state index in [2.05, 4.69) is 20.5 Å². The first-order valence-corrected chi connectivity index (χ1v) is 9.06. The Kier molecular flexibility index (Phi) is 10.9. The third-order valence-electron chi connectivity index (χ3n) is 4.87. The van der Waals surface area contributed by atoms with E-state index in [-0.39, 0.29) is 30.7 Å². The van der Waals surface area contributed by atoms with Gasteiger partial charge in [0.1, 0.15) is 5.82 Å². The number of morpholine rings is 1. The van der Waals surface area contributed by atoms with Crippen LogP contribution >= 0.6 is 24.8 Å². The fraction of sp³-hybridized carbons (Fsp3) is 0.667. The van der Waals surface area contributed by atoms with E-state index in [4.69, 9.17) is 4.74 Å². The van der Waals surface area contributed by atoms with E-state index in [1.54, 1.807) is 0 Å². The SMILES string of the molecule is Cl.Cl.O=C(CCC1CCNCC1)NCc1ccc(N2CCOCC2)nc1. The van der Waals surface area contributed by atoms with Gasteiger partial charge in [-0.1, -0.05) is 6.07 Å². The van der Waals surface area contributed by atoms with Crippen LogP contribution in [0, 0.1) is 5.92 Å². The van der Waals surface area contributed by atoms with Gasteiger partial charge in [-0.25, -0.2) is 4.98 Å². The van der Waals surface area contributed by atoms with E-state index in [9.17, 15) is 4.79 Å². The number of carbonyl (C=O) groups is 1. The van der Waals surface area contributed by atoms with Gasteiger partial charge in [-0.15, -0.1) is 24.8 Å². The molecule has 0 aliphatic carbocycles. The zero-order valence-electron chi connectivity index (χ0n) is 15.1. The average Bonchev–Trinajstić information content (AvgIpc) is 2.67. The molecule has 0 unspecified atom stereocenters. The van der Waals surface area contributed by atoms with Crippen LogP contribution in [0.25, 0.3) is 0 Å². The number of hydrogen-bond donors (Lipinski definition) is 2. The number of nitrogens with one attached hydrogen (secondary N) is 2. The molecule has 2 aliphatic heterocycles. The van der Waals surface area contributed by atoms with Gasteiger partial charge in [0.15, 0.2) is 0 Å². The van der Waals surface area contributed by atoms with E-state index in [1.807, 2.05) is 18.3 Å². The van der Waals surface area contributed by atoms with Gasteiger partial charge < -0.3 is 20.3 Å². The lowest BCUT2D eigenvalue weighted by atomic mass is 9.93. The molecule has 1 aromatic heterocycles. The summed E-state index contributed by atoms with van der Waals surface area (Å²) < 4.78 is 5.36. The predicted molar refractivity (Wildman–Crippen MR) is 108 cm³/mol. The maximum Gasteiger partial charge on any atom is 0.220 e. The minimum atomic E-state index is 0. The molecular formula is C18H30Cl2N4O2. The first kappa shape index (κ1) is 23.0. The maximum absolute atomic E-state index is 12.0. The Bertz CT molecular complexity index is 518. The van der Waals surface area contributed by atoms with Crippen molar-refractivity contribution >= 4 is 36.5 Å². The Balaban J connectivity index is 0.00000169. The number of nitrogens with zero attached hydrogens (tertiary/aromatic N) is 2. The second kappa shape index (κ2) is 12.3. The summed E-state index contributed by atoms with van der Waals surface area (Å²) in [6, 6.07) is 4.08. The van der Waals surface area contributed by atoms with Gasteiger partial charge in [-0.2, -0.15) is 0 Å². The molecule has 1 aromatic rings. The van der Waals surface area contributed by atoms with Crippen molar-refractivity contribution in [1.29, 1.82) is 0 Å². The number of halogens is 2. The lowest BCUT2D eigenvalue weighted by Crippen LogP contribution is -2.36. The Labute approximate surface area is 168 Å². The molecule has 0 radical (unpaired) electrons. The Morgan fingerprint density at radius 2 is 1.96 bits per heavy atom. The highest BCUT2D eigenvalue weighted by atomic mass is 35.5. The van der Waals surface area contributed by atoms with Crippen LogP contribution in [0.2, 0.25) is 0 Å². The van der Waals surface area contributed by atoms with Crippen molar-refractivity contribution < 1.29 is 9.53 Å². The average molecular weight is 405 g/mol. The fourth-order valence-electron chi connectivity index (χ4n) is 3.30. The number of anilines is 1. The van der Waals surface area contributed by atoms with Crippen LogP contribution < -0.4 is 15.5 Å². The third-order valence-corrected chi connectivity index (χ3v) is 4.87. The molecule has 3 heterocycles. The summed E-state index contributed by atoms with van der Waals surface area (Å²) in [5, 5.41) is 6.37. The van der Waals surface area contributed by atoms with Gasteiger partial charge in [0.2, 0.25) is 5.91 Å². The van der Waals surface area contributed by atoms with Crippen molar-refractivity contribution in [2.45, 2.75) is 32.2 Å². The number of carbonyl (C=O) groups excluding carboxylic acids is 1. The molecule has 8 heteroatoms. The van der Waals surface area contributed by atoms with E-state index in [0.717, 1.165) is 57.2 Å². The zero-order chi connectivity index (χ0) is 16.6. The quantitative estimate of drug-likeness (QED) is 0.760. The minimum Gasteiger partial charge on any atom is -0.378 e. The van der Waals surface area contributed by atoms with Crippen LogP contribution in [0.15, 0.2) is 18.3 Å². The molecule has 2 N–H and O–H groups in total. The van der Waals surface area contributed by atoms with E-state index >= 15 is 0 Å². The third kappa shape index (κ3) is 7.27. The normalized spacial score (nSPS) is 17.8. The second-order valence-electron chi connectivity index (χ2n) is 6.63. The van der Waals surface area contributed by atoms with Crippen LogP contribution in [0.4, 0.5) is 5.82 Å². The molecule has 0 saturated carbocycles. The van der Waals surface area contributed by atoms with Gasteiger partial charge in [-0.05, 0) is 49.9 Å². The number of pyridine rings is 1. The highest BCUT2D eigenvalue weighted by molar-refractivity contribution is 5.85. The van der Waals surface area contributed by atoms with Crippen molar-refractivity contribution in [3.8, 4) is 0 Å². The van der Waals surface area contributed by atoms with E-state index in [0.29, 0.717) is 18.9 Å². The van der Waals surface area contributed by atoms with Crippen LogP contribution in [0.3, 0.4) is 0 Å². The molecule has 148 valence electrons. The fourth-order valence-corrected chi connectivity index (χ4v) is 3.30. The molecule has 6 nitrogen and oxygen atoms in total. The number of ether oxygens (including phenoxy) is 1. The number of amides is 1. The molecule has 1 amide bonds. The highest BCUT2D eigenvalue weighted by Crippen LogP contribution is 2.17. The van der Waals surface area contributed by atoms with Gasteiger partial charge >= 0.3 is 0 Å². The predicted octanol–water partition coefficient (Wildman–Crippen LogP) is 2.16. The van der Waals surface area contributed by atoms with Crippen molar-refractivity contribution in [2.24, 2.45) is 5.92 Å². The van der Waals surface area contributed by atoms with Crippen LogP contribution in [-0.2, 0) is 16.1 Å². The lowest BCUT2D eigenvalue weighted by molar-refractivity contribution is -0.121. The van der Waals surface area contributed by atoms with Crippen molar-refractivity contribution in [1.82, 2.24) is 15.6 Å². The number of rotatable bonds is 6. The summed E-state index contributed by atoms with van der Waals surface area (Å²) in [6.07, 6.45) is 5.88. The monoisotopic (exact) mass is 404 g/mol. The smallest absolute Gasteiger partial charge is 0.220 e. The molecule has 2 aliphatic rings. The van der Waals surface area contributed by atoms with Gasteiger partial charge in [0, 0.05) is 32.3 Å². The summed E-state index contributed by atoms with van der Waals surface area (Å²) in [6.45, 7) is 6.04. The molecule has 0 atom stereocenters. The van der Waals surface area contributed by atoms with Crippen molar-refractivity contribution in [2.75, 3.05) is 44.3 Å². The molecular weight excluding hydrogens is 375 g/mol. The molecule has 26 heavy (non-hydrogen) atoms. The van der Waals surface area contributed by atoms with Crippen molar-refractivity contribution in [3.63, 3.8) is 0 Å². The van der Waals surface area contributed by atoms with Gasteiger partial charge in [0.25, 0.3) is 0 Å². The topological polar surface area (TPSA) is 66.5 Å². The minimum absolute atomic E-state index is 0. The van der Waals surface area contributed by atoms with E-state index in [1.165, 1.54) is 12.8 Å². The van der Waals surface area contributed by atoms with Crippen molar-refractivity contribution in [3.05, 3.63) is 23.9 Å². The van der Waals surface area contributed by atoms with Crippen LogP contribution in [0.5, 0.6) is 0 Å². The highest BCUT2D eigenvalue weighted by Gasteiger charge is 2.15. The largest absolute Gasteiger partial charge is 0.378 e. The molecule has 0 bridgehead atoms. The molecule has 2 saturated heterocycles. The summed E-state index contributed by atoms with van der Waals surface area (Å²) in [4.78, 5) is 18.7. The molecule has 3 rings (SSSR count). The number of piperidine rings is 1. The Morgan fingerprint density at radius 3 is 2.62 bits per heavy atom.